The van der Waals surface area contributed by atoms with Crippen molar-refractivity contribution in [2.24, 2.45) is 0 Å². The van der Waals surface area contributed by atoms with Gasteiger partial charge >= 0.3 is 0 Å². The van der Waals surface area contributed by atoms with Crippen molar-refractivity contribution in [2.75, 3.05) is 11.9 Å². The van der Waals surface area contributed by atoms with Crippen molar-refractivity contribution < 1.29 is 14.3 Å². The molecule has 1 aliphatic rings. The van der Waals surface area contributed by atoms with Gasteiger partial charge in [0.15, 0.2) is 10.9 Å². The highest BCUT2D eigenvalue weighted by Crippen LogP contribution is 2.26. The fraction of sp³-hybridized carbons (Fsp3) is 0.353. The predicted octanol–water partition coefficient (Wildman–Crippen LogP) is 3.22. The first-order valence-electron chi connectivity index (χ1n) is 7.52. The van der Waals surface area contributed by atoms with Crippen molar-refractivity contribution in [1.29, 1.82) is 0 Å². The highest BCUT2D eigenvalue weighted by Gasteiger charge is 2.17. The summed E-state index contributed by atoms with van der Waals surface area (Å²) in [6.07, 6.45) is 2.46. The Kier molecular flexibility index (Phi) is 4.43. The van der Waals surface area contributed by atoms with Crippen LogP contribution in [0.1, 0.15) is 41.4 Å². The number of hydrogen-bond acceptors (Lipinski definition) is 5. The van der Waals surface area contributed by atoms with Crippen molar-refractivity contribution in [3.8, 4) is 5.75 Å². The number of aromatic nitrogens is 1. The minimum Gasteiger partial charge on any atom is -0.487 e. The number of rotatable bonds is 4. The second-order valence-electron chi connectivity index (χ2n) is 5.58. The van der Waals surface area contributed by atoms with Crippen LogP contribution in [0.25, 0.3) is 0 Å². The van der Waals surface area contributed by atoms with Gasteiger partial charge in [0.1, 0.15) is 12.4 Å². The van der Waals surface area contributed by atoms with E-state index in [1.165, 1.54) is 23.2 Å². The molecular weight excluding hydrogens is 312 g/mol. The van der Waals surface area contributed by atoms with E-state index in [9.17, 15) is 9.59 Å². The summed E-state index contributed by atoms with van der Waals surface area (Å²) in [6, 6.07) is 5.63. The molecule has 1 aliphatic carbocycles. The molecular formula is C17H18N2O3S. The number of carbonyl (C=O) groups excluding carboxylic acids is 2. The largest absolute Gasteiger partial charge is 0.487 e. The molecule has 0 saturated carbocycles. The monoisotopic (exact) mass is 330 g/mol. The van der Waals surface area contributed by atoms with Gasteiger partial charge in [0, 0.05) is 31.3 Å². The van der Waals surface area contributed by atoms with E-state index < -0.39 is 0 Å². The zero-order valence-electron chi connectivity index (χ0n) is 13.2. The van der Waals surface area contributed by atoms with Crippen LogP contribution in [-0.2, 0) is 17.8 Å². The molecule has 1 aromatic carbocycles. The van der Waals surface area contributed by atoms with Crippen LogP contribution < -0.4 is 9.64 Å². The van der Waals surface area contributed by atoms with E-state index in [-0.39, 0.29) is 11.7 Å². The molecule has 0 atom stereocenters. The van der Waals surface area contributed by atoms with Crippen LogP contribution >= 0.6 is 11.3 Å². The fourth-order valence-electron chi connectivity index (χ4n) is 2.52. The normalized spacial score (nSPS) is 13.6. The summed E-state index contributed by atoms with van der Waals surface area (Å²) < 4.78 is 5.78. The van der Waals surface area contributed by atoms with E-state index in [4.69, 9.17) is 4.74 Å². The third-order valence-corrected chi connectivity index (χ3v) is 4.88. The molecule has 0 N–H and O–H groups in total. The first-order valence-corrected chi connectivity index (χ1v) is 8.40. The number of nitrogens with zero attached hydrogens (tertiary/aromatic N) is 2. The maximum atomic E-state index is 11.8. The van der Waals surface area contributed by atoms with Gasteiger partial charge in [-0.25, -0.2) is 4.98 Å². The summed E-state index contributed by atoms with van der Waals surface area (Å²) in [7, 11) is 1.70. The van der Waals surface area contributed by atoms with Gasteiger partial charge in [0.2, 0.25) is 5.91 Å². The smallest absolute Gasteiger partial charge is 0.225 e. The van der Waals surface area contributed by atoms with Gasteiger partial charge in [-0.05, 0) is 36.6 Å². The van der Waals surface area contributed by atoms with Gasteiger partial charge in [-0.1, -0.05) is 0 Å². The third kappa shape index (κ3) is 3.42. The molecule has 0 radical (unpaired) electrons. The van der Waals surface area contributed by atoms with Crippen LogP contribution in [0.3, 0.4) is 0 Å². The molecule has 0 fully saturated rings. The van der Waals surface area contributed by atoms with Gasteiger partial charge in [-0.15, -0.1) is 11.3 Å². The van der Waals surface area contributed by atoms with Gasteiger partial charge in [-0.2, -0.15) is 0 Å². The van der Waals surface area contributed by atoms with Crippen molar-refractivity contribution in [2.45, 2.75) is 32.8 Å². The summed E-state index contributed by atoms with van der Waals surface area (Å²) >= 11 is 1.41. The van der Waals surface area contributed by atoms with Crippen molar-refractivity contribution in [3.63, 3.8) is 0 Å². The van der Waals surface area contributed by atoms with Crippen LogP contribution in [-0.4, -0.2) is 23.7 Å². The number of carbonyl (C=O) groups is 2. The number of anilines is 1. The summed E-state index contributed by atoms with van der Waals surface area (Å²) in [4.78, 5) is 29.0. The average Bonchev–Trinajstić information content (AvgIpc) is 3.01. The maximum Gasteiger partial charge on any atom is 0.225 e. The lowest BCUT2D eigenvalue weighted by atomic mass is 9.91. The molecule has 0 aliphatic heterocycles. The SMILES string of the molecule is CC(=O)N(C)c1nc(COc2ccc3c(c2)CCCC3=O)cs1. The zero-order valence-corrected chi connectivity index (χ0v) is 14.0. The number of aryl methyl sites for hydroxylation is 1. The third-order valence-electron chi connectivity index (χ3n) is 3.91. The second kappa shape index (κ2) is 6.50. The van der Waals surface area contributed by atoms with Crippen molar-refractivity contribution >= 4 is 28.2 Å². The van der Waals surface area contributed by atoms with E-state index in [0.717, 1.165) is 35.4 Å². The van der Waals surface area contributed by atoms with Gasteiger partial charge < -0.3 is 4.74 Å². The number of thiazole rings is 1. The Bertz CT molecular complexity index is 754. The Balaban J connectivity index is 1.67. The van der Waals surface area contributed by atoms with Gasteiger partial charge in [-0.3, -0.25) is 14.5 Å². The minimum atomic E-state index is -0.0498. The van der Waals surface area contributed by atoms with Crippen LogP contribution in [0.15, 0.2) is 23.6 Å². The number of Topliss-reactive ketones (excluding diaryl/α,β-unsaturated/α-hetero) is 1. The molecule has 1 aromatic heterocycles. The average molecular weight is 330 g/mol. The second-order valence-corrected chi connectivity index (χ2v) is 6.42. The molecule has 23 heavy (non-hydrogen) atoms. The first kappa shape index (κ1) is 15.7. The lowest BCUT2D eigenvalue weighted by molar-refractivity contribution is -0.116. The lowest BCUT2D eigenvalue weighted by Gasteiger charge is -2.15. The van der Waals surface area contributed by atoms with Crippen LogP contribution in [0.2, 0.25) is 0 Å². The molecule has 5 nitrogen and oxygen atoms in total. The Morgan fingerprint density at radius 2 is 2.22 bits per heavy atom. The van der Waals surface area contributed by atoms with E-state index >= 15 is 0 Å². The van der Waals surface area contributed by atoms with Crippen LogP contribution in [0, 0.1) is 0 Å². The number of amides is 1. The number of benzene rings is 1. The maximum absolute atomic E-state index is 11.8. The van der Waals surface area contributed by atoms with Crippen molar-refractivity contribution in [1.82, 2.24) is 4.98 Å². The summed E-state index contributed by atoms with van der Waals surface area (Å²) in [5, 5.41) is 2.55. The molecule has 120 valence electrons. The molecule has 0 bridgehead atoms. The summed E-state index contributed by atoms with van der Waals surface area (Å²) in [5.41, 5.74) is 2.67. The van der Waals surface area contributed by atoms with E-state index in [2.05, 4.69) is 4.98 Å². The Hall–Kier alpha value is -2.21. The van der Waals surface area contributed by atoms with Crippen molar-refractivity contribution in [3.05, 3.63) is 40.4 Å². The Morgan fingerprint density at radius 3 is 3.00 bits per heavy atom. The zero-order chi connectivity index (χ0) is 16.4. The van der Waals surface area contributed by atoms with E-state index in [1.54, 1.807) is 7.05 Å². The minimum absolute atomic E-state index is 0.0498. The quantitative estimate of drug-likeness (QED) is 0.863. The van der Waals surface area contributed by atoms with E-state index in [0.29, 0.717) is 18.2 Å². The lowest BCUT2D eigenvalue weighted by Crippen LogP contribution is -2.22. The molecule has 0 saturated heterocycles. The predicted molar refractivity (Wildman–Crippen MR) is 89.2 cm³/mol. The van der Waals surface area contributed by atoms with Crippen LogP contribution in [0.4, 0.5) is 5.13 Å². The topological polar surface area (TPSA) is 59.5 Å². The molecule has 3 rings (SSSR count). The number of hydrogen-bond donors (Lipinski definition) is 0. The Morgan fingerprint density at radius 1 is 1.39 bits per heavy atom. The molecule has 6 heteroatoms. The van der Waals surface area contributed by atoms with Crippen LogP contribution in [0.5, 0.6) is 5.75 Å². The molecule has 0 spiro atoms. The summed E-state index contributed by atoms with van der Waals surface area (Å²) in [6.45, 7) is 1.85. The van der Waals surface area contributed by atoms with Gasteiger partial charge in [0.05, 0.1) is 5.69 Å². The number of ether oxygens (including phenoxy) is 1. The highest BCUT2D eigenvalue weighted by atomic mass is 32.1. The molecule has 1 heterocycles. The Labute approximate surface area is 138 Å². The summed E-state index contributed by atoms with van der Waals surface area (Å²) in [5.74, 6) is 0.910. The van der Waals surface area contributed by atoms with Gasteiger partial charge in [0.25, 0.3) is 0 Å². The first-order chi connectivity index (χ1) is 11.0. The fourth-order valence-corrected chi connectivity index (χ4v) is 3.34. The molecule has 1 amide bonds. The molecule has 0 unspecified atom stereocenters. The standard InChI is InChI=1S/C17H18N2O3S/c1-11(20)19(2)17-18-13(10-23-17)9-22-14-6-7-15-12(8-14)4-3-5-16(15)21/h6-8,10H,3-5,9H2,1-2H3. The number of fused-ring (bicyclic) bond motifs is 1. The molecule has 2 aromatic rings. The highest BCUT2D eigenvalue weighted by molar-refractivity contribution is 7.14. The number of ketones is 1. The van der Waals surface area contributed by atoms with E-state index in [1.807, 2.05) is 23.6 Å².